The van der Waals surface area contributed by atoms with E-state index >= 15 is 0 Å². The number of benzene rings is 2. The van der Waals surface area contributed by atoms with Gasteiger partial charge in [-0.3, -0.25) is 4.79 Å². The normalized spacial score (nSPS) is 12.3. The summed E-state index contributed by atoms with van der Waals surface area (Å²) in [4.78, 5) is 19.3. The van der Waals surface area contributed by atoms with Gasteiger partial charge in [0, 0.05) is 6.07 Å². The van der Waals surface area contributed by atoms with Crippen molar-refractivity contribution in [1.82, 2.24) is 9.97 Å². The first kappa shape index (κ1) is 15.4. The van der Waals surface area contributed by atoms with Crippen molar-refractivity contribution in [2.24, 2.45) is 5.73 Å². The van der Waals surface area contributed by atoms with E-state index in [1.54, 1.807) is 19.2 Å². The van der Waals surface area contributed by atoms with E-state index < -0.39 is 11.2 Å². The minimum atomic E-state index is -0.655. The number of methoxy groups -OCH3 is 1. The van der Waals surface area contributed by atoms with Gasteiger partial charge in [0.25, 0.3) is 0 Å². The molecule has 1 amide bonds. The number of hydrogen-bond acceptors (Lipinski definition) is 4. The number of primary amides is 1. The smallest absolute Gasteiger partial charge is 0.235 e. The standard InChI is InChI=1S/C16H14FN3O2S/c1-22-11-6-7-12-13(8-11)20-16(19-12)23-14(15(18)21)9-2-4-10(17)5-3-9/h2-8,14H,1H3,(H2,18,21)(H,19,20)/t14-/m0/s1. The molecule has 0 fully saturated rings. The lowest BCUT2D eigenvalue weighted by atomic mass is 10.1. The van der Waals surface area contributed by atoms with E-state index in [9.17, 15) is 9.18 Å². The minimum Gasteiger partial charge on any atom is -0.497 e. The number of nitrogens with zero attached hydrogens (tertiary/aromatic N) is 1. The molecule has 0 aliphatic heterocycles. The number of thioether (sulfide) groups is 1. The largest absolute Gasteiger partial charge is 0.497 e. The zero-order valence-corrected chi connectivity index (χ0v) is 13.1. The lowest BCUT2D eigenvalue weighted by Crippen LogP contribution is -2.19. The Balaban J connectivity index is 1.91. The van der Waals surface area contributed by atoms with Crippen LogP contribution in [0.2, 0.25) is 0 Å². The van der Waals surface area contributed by atoms with E-state index in [0.717, 1.165) is 11.0 Å². The minimum absolute atomic E-state index is 0.363. The lowest BCUT2D eigenvalue weighted by molar-refractivity contribution is -0.117. The number of carbonyl (C=O) groups excluding carboxylic acids is 1. The number of nitrogens with two attached hydrogens (primary N) is 1. The number of amides is 1. The van der Waals surface area contributed by atoms with Crippen molar-refractivity contribution >= 4 is 28.7 Å². The zero-order valence-electron chi connectivity index (χ0n) is 12.2. The molecule has 3 N–H and O–H groups in total. The first-order chi connectivity index (χ1) is 11.1. The second-order valence-electron chi connectivity index (χ2n) is 4.88. The van der Waals surface area contributed by atoms with Gasteiger partial charge in [0.15, 0.2) is 5.16 Å². The molecule has 0 radical (unpaired) electrons. The molecular weight excluding hydrogens is 317 g/mol. The molecule has 7 heteroatoms. The maximum atomic E-state index is 13.0. The number of halogens is 1. The van der Waals surface area contributed by atoms with Crippen molar-refractivity contribution in [3.8, 4) is 5.75 Å². The SMILES string of the molecule is COc1ccc2nc(S[C@H](C(N)=O)c3ccc(F)cc3)[nH]c2c1. The summed E-state index contributed by atoms with van der Waals surface area (Å²) >= 11 is 1.19. The molecular formula is C16H14FN3O2S. The van der Waals surface area contributed by atoms with E-state index in [1.807, 2.05) is 18.2 Å². The van der Waals surface area contributed by atoms with Crippen molar-refractivity contribution in [3.63, 3.8) is 0 Å². The number of aromatic nitrogens is 2. The van der Waals surface area contributed by atoms with Gasteiger partial charge in [-0.25, -0.2) is 9.37 Å². The Morgan fingerprint density at radius 2 is 2.04 bits per heavy atom. The van der Waals surface area contributed by atoms with E-state index in [0.29, 0.717) is 16.5 Å². The van der Waals surface area contributed by atoms with Crippen molar-refractivity contribution in [1.29, 1.82) is 0 Å². The van der Waals surface area contributed by atoms with Crippen LogP contribution in [-0.2, 0) is 4.79 Å². The van der Waals surface area contributed by atoms with Crippen molar-refractivity contribution in [2.45, 2.75) is 10.4 Å². The highest BCUT2D eigenvalue weighted by molar-refractivity contribution is 8.00. The Kier molecular flexibility index (Phi) is 4.20. The maximum absolute atomic E-state index is 13.0. The molecule has 23 heavy (non-hydrogen) atoms. The number of H-pyrrole nitrogens is 1. The summed E-state index contributed by atoms with van der Waals surface area (Å²) < 4.78 is 18.2. The second-order valence-corrected chi connectivity index (χ2v) is 5.97. The van der Waals surface area contributed by atoms with Crippen LogP contribution in [0.1, 0.15) is 10.8 Å². The summed E-state index contributed by atoms with van der Waals surface area (Å²) in [7, 11) is 1.59. The van der Waals surface area contributed by atoms with Gasteiger partial charge in [0.1, 0.15) is 16.8 Å². The molecule has 3 aromatic rings. The fraction of sp³-hybridized carbons (Fsp3) is 0.125. The van der Waals surface area contributed by atoms with Gasteiger partial charge in [-0.15, -0.1) is 0 Å². The molecule has 0 unspecified atom stereocenters. The summed E-state index contributed by atoms with van der Waals surface area (Å²) in [6, 6.07) is 11.1. The quantitative estimate of drug-likeness (QED) is 0.704. The molecule has 1 heterocycles. The molecule has 0 saturated heterocycles. The van der Waals surface area contributed by atoms with Crippen LogP contribution in [0.3, 0.4) is 0 Å². The van der Waals surface area contributed by atoms with Crippen LogP contribution in [0.25, 0.3) is 11.0 Å². The molecule has 3 rings (SSSR count). The van der Waals surface area contributed by atoms with Crippen molar-refractivity contribution in [3.05, 3.63) is 53.8 Å². The predicted molar refractivity (Wildman–Crippen MR) is 86.8 cm³/mol. The predicted octanol–water partition coefficient (Wildman–Crippen LogP) is 3.03. The summed E-state index contributed by atoms with van der Waals surface area (Å²) in [5, 5.41) is -0.0977. The number of ether oxygens (including phenoxy) is 1. The number of nitrogens with one attached hydrogen (secondary N) is 1. The molecule has 1 atom stereocenters. The first-order valence-corrected chi connectivity index (χ1v) is 7.70. The Morgan fingerprint density at radius 3 is 2.70 bits per heavy atom. The summed E-state index contributed by atoms with van der Waals surface area (Å²) in [5.41, 5.74) is 7.67. The van der Waals surface area contributed by atoms with Gasteiger partial charge in [0.2, 0.25) is 5.91 Å². The second kappa shape index (κ2) is 6.29. The third-order valence-electron chi connectivity index (χ3n) is 3.33. The van der Waals surface area contributed by atoms with E-state index in [-0.39, 0.29) is 5.82 Å². The molecule has 0 spiro atoms. The van der Waals surface area contributed by atoms with Gasteiger partial charge in [0.05, 0.1) is 18.1 Å². The Hall–Kier alpha value is -2.54. The van der Waals surface area contributed by atoms with Crippen molar-refractivity contribution in [2.75, 3.05) is 7.11 Å². The van der Waals surface area contributed by atoms with Gasteiger partial charge in [-0.05, 0) is 29.8 Å². The molecule has 0 aliphatic carbocycles. The van der Waals surface area contributed by atoms with E-state index in [4.69, 9.17) is 10.5 Å². The van der Waals surface area contributed by atoms with Crippen LogP contribution in [0.4, 0.5) is 4.39 Å². The van der Waals surface area contributed by atoms with Gasteiger partial charge in [-0.1, -0.05) is 23.9 Å². The topological polar surface area (TPSA) is 81.0 Å². The molecule has 2 aromatic carbocycles. The van der Waals surface area contributed by atoms with Gasteiger partial charge in [-0.2, -0.15) is 0 Å². The van der Waals surface area contributed by atoms with E-state index in [1.165, 1.54) is 23.9 Å². The third kappa shape index (κ3) is 3.29. The van der Waals surface area contributed by atoms with E-state index in [2.05, 4.69) is 9.97 Å². The van der Waals surface area contributed by atoms with Crippen LogP contribution < -0.4 is 10.5 Å². The first-order valence-electron chi connectivity index (χ1n) is 6.82. The number of rotatable bonds is 5. The number of carbonyl (C=O) groups is 1. The van der Waals surface area contributed by atoms with Gasteiger partial charge >= 0.3 is 0 Å². The average molecular weight is 331 g/mol. The highest BCUT2D eigenvalue weighted by Crippen LogP contribution is 2.34. The molecule has 1 aromatic heterocycles. The molecule has 0 bridgehead atoms. The van der Waals surface area contributed by atoms with Crippen LogP contribution in [0.15, 0.2) is 47.6 Å². The Bertz CT molecular complexity index is 848. The highest BCUT2D eigenvalue weighted by atomic mass is 32.2. The molecule has 0 saturated carbocycles. The van der Waals surface area contributed by atoms with Crippen LogP contribution >= 0.6 is 11.8 Å². The lowest BCUT2D eigenvalue weighted by Gasteiger charge is -2.11. The maximum Gasteiger partial charge on any atom is 0.235 e. The Morgan fingerprint density at radius 1 is 1.30 bits per heavy atom. The summed E-state index contributed by atoms with van der Waals surface area (Å²) in [6.07, 6.45) is 0. The fourth-order valence-corrected chi connectivity index (χ4v) is 3.14. The number of hydrogen-bond donors (Lipinski definition) is 2. The fourth-order valence-electron chi connectivity index (χ4n) is 2.19. The highest BCUT2D eigenvalue weighted by Gasteiger charge is 2.21. The summed E-state index contributed by atoms with van der Waals surface area (Å²) in [5.74, 6) is -0.167. The van der Waals surface area contributed by atoms with Crippen molar-refractivity contribution < 1.29 is 13.9 Å². The molecule has 118 valence electrons. The number of imidazole rings is 1. The number of fused-ring (bicyclic) bond motifs is 1. The third-order valence-corrected chi connectivity index (χ3v) is 4.48. The molecule has 0 aliphatic rings. The average Bonchev–Trinajstić information content (AvgIpc) is 2.94. The Labute approximate surface area is 136 Å². The van der Waals surface area contributed by atoms with Crippen LogP contribution in [0.5, 0.6) is 5.75 Å². The summed E-state index contributed by atoms with van der Waals surface area (Å²) in [6.45, 7) is 0. The van der Waals surface area contributed by atoms with Crippen LogP contribution in [-0.4, -0.2) is 23.0 Å². The van der Waals surface area contributed by atoms with Gasteiger partial charge < -0.3 is 15.5 Å². The monoisotopic (exact) mass is 331 g/mol. The zero-order chi connectivity index (χ0) is 16.4. The van der Waals surface area contributed by atoms with Crippen LogP contribution in [0, 0.1) is 5.82 Å². The number of aromatic amines is 1. The molecule has 5 nitrogen and oxygen atoms in total.